The van der Waals surface area contributed by atoms with Crippen LogP contribution >= 0.6 is 0 Å². The van der Waals surface area contributed by atoms with E-state index in [9.17, 15) is 0 Å². The van der Waals surface area contributed by atoms with Gasteiger partial charge in [0, 0.05) is 0 Å². The second kappa shape index (κ2) is 11.0. The van der Waals surface area contributed by atoms with Crippen LogP contribution in [0.5, 0.6) is 0 Å². The largest absolute Gasteiger partial charge is 0.374 e. The lowest BCUT2D eigenvalue weighted by molar-refractivity contribution is 0.0422. The Labute approximate surface area is 171 Å². The van der Waals surface area contributed by atoms with Crippen LogP contribution in [-0.4, -0.2) is 12.7 Å². The fraction of sp³-hybridized carbons (Fsp3) is 0.407. The molecule has 1 aliphatic carbocycles. The molecule has 0 radical (unpaired) electrons. The number of aryl methyl sites for hydroxylation is 1. The van der Waals surface area contributed by atoms with Crippen LogP contribution in [0.2, 0.25) is 0 Å². The van der Waals surface area contributed by atoms with Crippen LogP contribution in [0.1, 0.15) is 63.0 Å². The third kappa shape index (κ3) is 5.94. The van der Waals surface area contributed by atoms with E-state index in [2.05, 4.69) is 67.6 Å². The van der Waals surface area contributed by atoms with Gasteiger partial charge in [-0.3, -0.25) is 0 Å². The normalized spacial score (nSPS) is 20.2. The van der Waals surface area contributed by atoms with Crippen LogP contribution in [-0.2, 0) is 11.2 Å². The molecule has 148 valence electrons. The van der Waals surface area contributed by atoms with Crippen LogP contribution in [0.4, 0.5) is 0 Å². The summed E-state index contributed by atoms with van der Waals surface area (Å²) in [7, 11) is 0. The maximum absolute atomic E-state index is 6.00. The van der Waals surface area contributed by atoms with Gasteiger partial charge in [0.2, 0.25) is 0 Å². The molecule has 0 spiro atoms. The first-order chi connectivity index (χ1) is 13.8. The quantitative estimate of drug-likeness (QED) is 0.435. The molecular formula is C27H34O. The molecule has 0 aromatic heterocycles. The number of benzene rings is 2. The second-order valence-electron chi connectivity index (χ2n) is 7.83. The summed E-state index contributed by atoms with van der Waals surface area (Å²) in [6.45, 7) is 4.99. The highest BCUT2D eigenvalue weighted by atomic mass is 16.5. The van der Waals surface area contributed by atoms with Gasteiger partial charge in [0.05, 0.1) is 12.7 Å². The molecular weight excluding hydrogens is 340 g/mol. The lowest BCUT2D eigenvalue weighted by Gasteiger charge is -2.28. The molecule has 0 unspecified atom stereocenters. The predicted octanol–water partition coefficient (Wildman–Crippen LogP) is 7.48. The van der Waals surface area contributed by atoms with Crippen molar-refractivity contribution >= 4 is 0 Å². The van der Waals surface area contributed by atoms with Crippen molar-refractivity contribution in [2.24, 2.45) is 0 Å². The first kappa shape index (κ1) is 20.6. The number of hydrogen-bond acceptors (Lipinski definition) is 1. The molecule has 28 heavy (non-hydrogen) atoms. The highest BCUT2D eigenvalue weighted by molar-refractivity contribution is 5.64. The van der Waals surface area contributed by atoms with E-state index in [1.165, 1.54) is 54.4 Å². The van der Waals surface area contributed by atoms with Gasteiger partial charge in [-0.1, -0.05) is 86.2 Å². The molecule has 2 aromatic carbocycles. The molecule has 0 atom stereocenters. The molecule has 1 fully saturated rings. The Morgan fingerprint density at radius 3 is 2.11 bits per heavy atom. The molecule has 1 heteroatoms. The van der Waals surface area contributed by atoms with Crippen molar-refractivity contribution in [1.82, 2.24) is 0 Å². The lowest BCUT2D eigenvalue weighted by atomic mass is 9.82. The van der Waals surface area contributed by atoms with Crippen molar-refractivity contribution < 1.29 is 4.74 Å². The van der Waals surface area contributed by atoms with Gasteiger partial charge in [-0.2, -0.15) is 0 Å². The maximum atomic E-state index is 6.00. The van der Waals surface area contributed by atoms with Crippen LogP contribution < -0.4 is 0 Å². The van der Waals surface area contributed by atoms with E-state index in [1.807, 2.05) is 19.1 Å². The predicted molar refractivity (Wildman–Crippen MR) is 121 cm³/mol. The zero-order valence-electron chi connectivity index (χ0n) is 17.4. The molecule has 0 aliphatic heterocycles. The average molecular weight is 375 g/mol. The maximum Gasteiger partial charge on any atom is 0.0654 e. The van der Waals surface area contributed by atoms with E-state index in [-0.39, 0.29) is 0 Å². The highest BCUT2D eigenvalue weighted by Gasteiger charge is 2.22. The summed E-state index contributed by atoms with van der Waals surface area (Å²) in [4.78, 5) is 0. The van der Waals surface area contributed by atoms with Crippen LogP contribution in [0.25, 0.3) is 11.1 Å². The number of ether oxygens (including phenoxy) is 1. The molecule has 0 bridgehead atoms. The first-order valence-corrected chi connectivity index (χ1v) is 10.9. The van der Waals surface area contributed by atoms with Gasteiger partial charge >= 0.3 is 0 Å². The van der Waals surface area contributed by atoms with Crippen LogP contribution in [0, 0.1) is 0 Å². The molecule has 2 aromatic rings. The zero-order chi connectivity index (χ0) is 19.6. The van der Waals surface area contributed by atoms with Gasteiger partial charge in [0.15, 0.2) is 0 Å². The minimum Gasteiger partial charge on any atom is -0.374 e. The van der Waals surface area contributed by atoms with Gasteiger partial charge in [-0.05, 0) is 67.2 Å². The molecule has 1 saturated carbocycles. The summed E-state index contributed by atoms with van der Waals surface area (Å²) in [5.74, 6) is 0.680. The summed E-state index contributed by atoms with van der Waals surface area (Å²) >= 11 is 0. The average Bonchev–Trinajstić information content (AvgIpc) is 2.75. The Morgan fingerprint density at radius 2 is 1.50 bits per heavy atom. The monoisotopic (exact) mass is 374 g/mol. The molecule has 0 N–H and O–H groups in total. The Hall–Kier alpha value is -2.12. The van der Waals surface area contributed by atoms with Gasteiger partial charge in [0.1, 0.15) is 0 Å². The van der Waals surface area contributed by atoms with Crippen molar-refractivity contribution in [1.29, 1.82) is 0 Å². The van der Waals surface area contributed by atoms with E-state index in [0.717, 1.165) is 13.0 Å². The fourth-order valence-corrected chi connectivity index (χ4v) is 4.10. The third-order valence-corrected chi connectivity index (χ3v) is 5.75. The van der Waals surface area contributed by atoms with Crippen molar-refractivity contribution in [2.75, 3.05) is 6.61 Å². The van der Waals surface area contributed by atoms with Gasteiger partial charge in [0.25, 0.3) is 0 Å². The lowest BCUT2D eigenvalue weighted by Crippen LogP contribution is -2.20. The third-order valence-electron chi connectivity index (χ3n) is 5.75. The van der Waals surface area contributed by atoms with Gasteiger partial charge in [-0.25, -0.2) is 0 Å². The van der Waals surface area contributed by atoms with Gasteiger partial charge < -0.3 is 4.74 Å². The van der Waals surface area contributed by atoms with Crippen molar-refractivity contribution in [2.45, 2.75) is 64.4 Å². The number of allylic oxidation sites excluding steroid dienone is 3. The van der Waals surface area contributed by atoms with Crippen molar-refractivity contribution in [3.63, 3.8) is 0 Å². The Balaban J connectivity index is 1.50. The van der Waals surface area contributed by atoms with E-state index in [4.69, 9.17) is 4.74 Å². The van der Waals surface area contributed by atoms with Crippen LogP contribution in [0.3, 0.4) is 0 Å². The molecule has 0 amide bonds. The summed E-state index contributed by atoms with van der Waals surface area (Å²) in [5, 5.41) is 0. The SMILES string of the molecule is C/C=C/C=C/COC1CCC(c2ccc(-c3ccc(CCC)cc3)cc2)CC1. The van der Waals surface area contributed by atoms with E-state index in [0.29, 0.717) is 12.0 Å². The first-order valence-electron chi connectivity index (χ1n) is 10.9. The van der Waals surface area contributed by atoms with E-state index in [1.54, 1.807) is 0 Å². The summed E-state index contributed by atoms with van der Waals surface area (Å²) < 4.78 is 6.00. The summed E-state index contributed by atoms with van der Waals surface area (Å²) in [6.07, 6.45) is 15.8. The molecule has 3 rings (SSSR count). The smallest absolute Gasteiger partial charge is 0.0654 e. The highest BCUT2D eigenvalue weighted by Crippen LogP contribution is 2.35. The minimum atomic E-state index is 0.424. The van der Waals surface area contributed by atoms with E-state index >= 15 is 0 Å². The number of hydrogen-bond donors (Lipinski definition) is 0. The Kier molecular flexibility index (Phi) is 8.11. The number of rotatable bonds is 8. The molecule has 1 nitrogen and oxygen atoms in total. The second-order valence-corrected chi connectivity index (χ2v) is 7.83. The molecule has 0 saturated heterocycles. The topological polar surface area (TPSA) is 9.23 Å². The van der Waals surface area contributed by atoms with Gasteiger partial charge in [-0.15, -0.1) is 0 Å². The van der Waals surface area contributed by atoms with E-state index < -0.39 is 0 Å². The van der Waals surface area contributed by atoms with Crippen molar-refractivity contribution in [3.8, 4) is 11.1 Å². The molecule has 1 aliphatic rings. The summed E-state index contributed by atoms with van der Waals surface area (Å²) in [6, 6.07) is 18.3. The zero-order valence-corrected chi connectivity index (χ0v) is 17.4. The van der Waals surface area contributed by atoms with Crippen LogP contribution in [0.15, 0.2) is 72.8 Å². The summed E-state index contributed by atoms with van der Waals surface area (Å²) in [5.41, 5.74) is 5.54. The van der Waals surface area contributed by atoms with Crippen molar-refractivity contribution in [3.05, 3.63) is 84.0 Å². The Bertz CT molecular complexity index is 744. The minimum absolute atomic E-state index is 0.424. The fourth-order valence-electron chi connectivity index (χ4n) is 4.10. The Morgan fingerprint density at radius 1 is 0.857 bits per heavy atom. The molecule has 0 heterocycles. The standard InChI is InChI=1S/C27H34O/c1-3-5-6-7-21-28-27-19-17-26(18-20-27)25-15-13-24(14-16-25)23-11-9-22(8-4-2)10-12-23/h3,5-7,9-16,26-27H,4,8,17-21H2,1-2H3/b5-3+,7-6+.